The number of ether oxygens (including phenoxy) is 3. The van der Waals surface area contributed by atoms with Crippen LogP contribution in [-0.4, -0.2) is 89.6 Å². The molecule has 1 aromatic heterocycles. The van der Waals surface area contributed by atoms with E-state index in [1.165, 1.54) is 23.1 Å². The van der Waals surface area contributed by atoms with Gasteiger partial charge in [0.15, 0.2) is 0 Å². The van der Waals surface area contributed by atoms with E-state index in [4.69, 9.17) is 9.47 Å². The Balaban J connectivity index is 1.23. The zero-order valence-corrected chi connectivity index (χ0v) is 33.8. The molecule has 0 radical (unpaired) electrons. The first-order valence-electron chi connectivity index (χ1n) is 19.9. The van der Waals surface area contributed by atoms with Gasteiger partial charge < -0.3 is 29.7 Å². The Morgan fingerprint density at radius 2 is 1.88 bits per heavy atom. The number of nitrogens with zero attached hydrogens (tertiary/aromatic N) is 2. The summed E-state index contributed by atoms with van der Waals surface area (Å²) in [5.41, 5.74) is -1.28. The van der Waals surface area contributed by atoms with E-state index in [9.17, 15) is 40.8 Å². The largest absolute Gasteiger partial charge is 0.573 e. The number of carbonyl (C=O) groups excluding carboxylic acids is 4. The van der Waals surface area contributed by atoms with Gasteiger partial charge >= 0.3 is 12.5 Å². The fraction of sp³-hybridized carbons (Fsp3) is 0.625. The van der Waals surface area contributed by atoms with Crippen molar-refractivity contribution in [2.75, 3.05) is 13.2 Å². The number of hydrogen-bond donors (Lipinski definition) is 3. The third kappa shape index (κ3) is 8.43. The first kappa shape index (κ1) is 41.5. The van der Waals surface area contributed by atoms with E-state index in [1.54, 1.807) is 13.8 Å². The predicted molar refractivity (Wildman–Crippen MR) is 204 cm³/mol. The molecule has 0 unspecified atom stereocenters. The lowest BCUT2D eigenvalue weighted by molar-refractivity contribution is -0.274. The van der Waals surface area contributed by atoms with Gasteiger partial charge in [-0.1, -0.05) is 38.8 Å². The first-order valence-corrected chi connectivity index (χ1v) is 21.4. The minimum absolute atomic E-state index is 0.0389. The van der Waals surface area contributed by atoms with Crippen LogP contribution in [0.4, 0.5) is 18.0 Å². The lowest BCUT2D eigenvalue weighted by Crippen LogP contribution is -2.58. The molecule has 18 heteroatoms. The smallest absolute Gasteiger partial charge is 0.483 e. The summed E-state index contributed by atoms with van der Waals surface area (Å²) in [5.74, 6) is -2.67. The molecule has 1 aromatic carbocycles. The van der Waals surface area contributed by atoms with Crippen LogP contribution < -0.4 is 24.8 Å². The number of hydrogen-bond acceptors (Lipinski definition) is 10. The van der Waals surface area contributed by atoms with Crippen molar-refractivity contribution in [1.29, 1.82) is 0 Å². The van der Waals surface area contributed by atoms with Crippen LogP contribution in [0.1, 0.15) is 96.2 Å². The lowest BCUT2D eigenvalue weighted by Gasteiger charge is -2.36. The van der Waals surface area contributed by atoms with Crippen LogP contribution in [0.15, 0.2) is 30.4 Å². The van der Waals surface area contributed by atoms with Crippen LogP contribution in [0.5, 0.6) is 11.5 Å². The van der Waals surface area contributed by atoms with Gasteiger partial charge in [0.25, 0.3) is 5.91 Å². The van der Waals surface area contributed by atoms with E-state index in [0.29, 0.717) is 66.4 Å². The predicted octanol–water partition coefficient (Wildman–Crippen LogP) is 5.25. The fourth-order valence-electron chi connectivity index (χ4n) is 8.29. The maximum atomic E-state index is 14.7. The Morgan fingerprint density at radius 1 is 1.12 bits per heavy atom. The van der Waals surface area contributed by atoms with E-state index >= 15 is 0 Å². The number of rotatable bonds is 7. The van der Waals surface area contributed by atoms with E-state index in [0.717, 1.165) is 6.42 Å². The van der Waals surface area contributed by atoms with Gasteiger partial charge in [0.2, 0.25) is 21.8 Å². The summed E-state index contributed by atoms with van der Waals surface area (Å²) in [6.07, 6.45) is 2.42. The molecule has 2 aromatic rings. The summed E-state index contributed by atoms with van der Waals surface area (Å²) < 4.78 is 83.2. The summed E-state index contributed by atoms with van der Waals surface area (Å²) in [5, 5.41) is 5.99. The standard InChI is InChI=1S/C40H50F3N5O9S/c1-23(2)21-55-36(52)45-30-11-9-7-5-6-8-10-25-19-39(25,35(51)47-58(53,54)37(4)16-17-37)46-33(49)31-20-38(22-48(31)34(30)50)15-14-27-28-18-26(56-40(41,42)43)12-13-29(28)44-24(3)32(27)57-38/h8,10,12-13,18,23,25,30-31H,5-7,9,11,14-17,19-22H2,1-4H3,(H,45,52)(H,46,49)(H,47,51)/b10-8-/t25-,30-,31-,38+,39+/m0/s1. The molecule has 316 valence electrons. The molecule has 14 nitrogen and oxygen atoms in total. The lowest BCUT2D eigenvalue weighted by atomic mass is 9.87. The highest BCUT2D eigenvalue weighted by molar-refractivity contribution is 7.91. The van der Waals surface area contributed by atoms with Gasteiger partial charge in [0.1, 0.15) is 34.7 Å². The Morgan fingerprint density at radius 3 is 2.59 bits per heavy atom. The molecule has 5 atom stereocenters. The van der Waals surface area contributed by atoms with Crippen molar-refractivity contribution in [2.45, 2.75) is 133 Å². The van der Waals surface area contributed by atoms with Crippen LogP contribution in [0.2, 0.25) is 0 Å². The molecule has 58 heavy (non-hydrogen) atoms. The molecule has 7 rings (SSSR count). The fourth-order valence-corrected chi connectivity index (χ4v) is 9.61. The van der Waals surface area contributed by atoms with E-state index in [-0.39, 0.29) is 44.8 Å². The number of allylic oxidation sites excluding steroid dienone is 1. The number of aryl methyl sites for hydroxylation is 2. The zero-order valence-electron chi connectivity index (χ0n) is 33.0. The molecule has 1 saturated heterocycles. The van der Waals surface area contributed by atoms with Crippen molar-refractivity contribution in [3.63, 3.8) is 0 Å². The average Bonchev–Trinajstić information content (AvgIpc) is 4.04. The maximum absolute atomic E-state index is 14.7. The molecular formula is C40H50F3N5O9S. The summed E-state index contributed by atoms with van der Waals surface area (Å²) in [4.78, 5) is 62.2. The van der Waals surface area contributed by atoms with Crippen LogP contribution in [-0.2, 0) is 35.6 Å². The SMILES string of the molecule is Cc1nc2ccc(OC(F)(F)F)cc2c2c1O[C@]1(CC2)C[C@H]2C(=O)N[C@]3(C(=O)NS(=O)(=O)C4(C)CC4)C[C@@H]3/C=C\CCCCC[C@H](NC(=O)OCC(C)C)C(=O)N2C1. The number of alkyl carbamates (subject to hydrolysis) is 1. The van der Waals surface area contributed by atoms with Crippen LogP contribution >= 0.6 is 0 Å². The van der Waals surface area contributed by atoms with Gasteiger partial charge in [-0.25, -0.2) is 18.2 Å². The number of pyridine rings is 1. The molecule has 4 amide bonds. The molecular weight excluding hydrogens is 784 g/mol. The first-order chi connectivity index (χ1) is 27.2. The molecule has 3 fully saturated rings. The van der Waals surface area contributed by atoms with Gasteiger partial charge in [0.05, 0.1) is 29.1 Å². The van der Waals surface area contributed by atoms with E-state index < -0.39 is 79.8 Å². The highest BCUT2D eigenvalue weighted by atomic mass is 32.2. The summed E-state index contributed by atoms with van der Waals surface area (Å²) in [7, 11) is -4.05. The van der Waals surface area contributed by atoms with Crippen molar-refractivity contribution >= 4 is 44.7 Å². The minimum atomic E-state index is -4.91. The third-order valence-corrected chi connectivity index (χ3v) is 14.2. The topological polar surface area (TPSA) is 182 Å². The zero-order chi connectivity index (χ0) is 41.8. The molecule has 2 saturated carbocycles. The monoisotopic (exact) mass is 833 g/mol. The van der Waals surface area contributed by atoms with Crippen molar-refractivity contribution in [3.05, 3.63) is 41.6 Å². The van der Waals surface area contributed by atoms with E-state index in [2.05, 4.69) is 25.1 Å². The summed E-state index contributed by atoms with van der Waals surface area (Å²) >= 11 is 0. The van der Waals surface area contributed by atoms with Crippen LogP contribution in [0.25, 0.3) is 10.9 Å². The van der Waals surface area contributed by atoms with Crippen LogP contribution in [0.3, 0.4) is 0 Å². The number of alkyl halides is 3. The minimum Gasteiger partial charge on any atom is -0.483 e. The molecule has 5 aliphatic rings. The van der Waals surface area contributed by atoms with Crippen molar-refractivity contribution in [2.24, 2.45) is 11.8 Å². The average molecular weight is 834 g/mol. The third-order valence-electron chi connectivity index (χ3n) is 12.0. The van der Waals surface area contributed by atoms with E-state index in [1.807, 2.05) is 26.0 Å². The molecule has 3 aliphatic heterocycles. The summed E-state index contributed by atoms with van der Waals surface area (Å²) in [6.45, 7) is 7.02. The Bertz CT molecular complexity index is 2140. The Labute approximate surface area is 335 Å². The maximum Gasteiger partial charge on any atom is 0.573 e. The number of amides is 4. The van der Waals surface area contributed by atoms with Crippen molar-refractivity contribution in [1.82, 2.24) is 25.2 Å². The highest BCUT2D eigenvalue weighted by Crippen LogP contribution is 2.49. The second kappa shape index (κ2) is 15.2. The number of nitrogens with one attached hydrogen (secondary N) is 3. The number of carbonyl (C=O) groups is 4. The number of benzene rings is 1. The highest BCUT2D eigenvalue weighted by Gasteiger charge is 2.64. The Hall–Kier alpha value is -4.61. The van der Waals surface area contributed by atoms with Crippen molar-refractivity contribution in [3.8, 4) is 11.5 Å². The van der Waals surface area contributed by atoms with Crippen LogP contribution in [0, 0.1) is 18.8 Å². The second-order valence-corrected chi connectivity index (χ2v) is 19.3. The number of halogens is 3. The quantitative estimate of drug-likeness (QED) is 0.312. The normalized spacial score (nSPS) is 28.8. The molecule has 3 N–H and O–H groups in total. The van der Waals surface area contributed by atoms with Gasteiger partial charge in [-0.05, 0) is 89.3 Å². The summed E-state index contributed by atoms with van der Waals surface area (Å²) in [6, 6.07) is 1.59. The number of aromatic nitrogens is 1. The van der Waals surface area contributed by atoms with Gasteiger partial charge in [-0.15, -0.1) is 13.2 Å². The molecule has 4 heterocycles. The Kier molecular flexibility index (Phi) is 10.9. The van der Waals surface area contributed by atoms with Gasteiger partial charge in [-0.3, -0.25) is 19.1 Å². The van der Waals surface area contributed by atoms with Gasteiger partial charge in [-0.2, -0.15) is 0 Å². The number of sulfonamides is 1. The molecule has 0 bridgehead atoms. The number of fused-ring (bicyclic) bond motifs is 5. The second-order valence-electron chi connectivity index (χ2n) is 17.1. The molecule has 1 spiro atoms. The molecule has 2 aliphatic carbocycles. The van der Waals surface area contributed by atoms with Crippen molar-refractivity contribution < 1.29 is 55.0 Å². The van der Waals surface area contributed by atoms with Gasteiger partial charge in [0, 0.05) is 23.3 Å².